The second kappa shape index (κ2) is 9.19. The summed E-state index contributed by atoms with van der Waals surface area (Å²) in [7, 11) is 0. The molecule has 2 heterocycles. The first-order valence-electron chi connectivity index (χ1n) is 9.31. The molecule has 0 aliphatic heterocycles. The molecule has 0 amide bonds. The maximum atomic E-state index is 12.6. The molecule has 3 aromatic rings. The minimum Gasteiger partial charge on any atom is -0.435 e. The van der Waals surface area contributed by atoms with Gasteiger partial charge in [0.1, 0.15) is 16.7 Å². The van der Waals surface area contributed by atoms with E-state index in [1.165, 1.54) is 24.4 Å². The lowest BCUT2D eigenvalue weighted by molar-refractivity contribution is -0.274. The number of ether oxygens (including phenoxy) is 2. The maximum Gasteiger partial charge on any atom is 0.573 e. The van der Waals surface area contributed by atoms with Gasteiger partial charge < -0.3 is 9.47 Å². The molecule has 0 saturated carbocycles. The second-order valence-electron chi connectivity index (χ2n) is 6.47. The van der Waals surface area contributed by atoms with Gasteiger partial charge in [-0.1, -0.05) is 54.1 Å². The van der Waals surface area contributed by atoms with Gasteiger partial charge >= 0.3 is 6.36 Å². The van der Waals surface area contributed by atoms with Crippen molar-refractivity contribution in [3.63, 3.8) is 0 Å². The van der Waals surface area contributed by atoms with E-state index in [0.717, 1.165) is 6.42 Å². The molecule has 4 rings (SSSR count). The van der Waals surface area contributed by atoms with E-state index in [1.807, 2.05) is 30.4 Å². The number of alkyl halides is 3. The Bertz CT molecular complexity index is 1210. The van der Waals surface area contributed by atoms with E-state index in [9.17, 15) is 13.2 Å². The third-order valence-electron chi connectivity index (χ3n) is 4.15. The molecule has 0 saturated heterocycles. The molecule has 1 aliphatic rings. The number of allylic oxidation sites excluding steroid dienone is 6. The summed E-state index contributed by atoms with van der Waals surface area (Å²) in [5.74, 6) is 0.121. The van der Waals surface area contributed by atoms with Gasteiger partial charge in [-0.05, 0) is 30.7 Å². The summed E-state index contributed by atoms with van der Waals surface area (Å²) in [4.78, 5) is 8.38. The Kier molecular flexibility index (Phi) is 6.18. The summed E-state index contributed by atoms with van der Waals surface area (Å²) in [6.07, 6.45) is 6.83. The second-order valence-corrected chi connectivity index (χ2v) is 6.86. The average Bonchev–Trinajstić information content (AvgIpc) is 3.04. The molecular weight excluding hydrogens is 445 g/mol. The summed E-state index contributed by atoms with van der Waals surface area (Å²) < 4.78 is 47.6. The molecule has 1 aromatic carbocycles. The predicted molar refractivity (Wildman–Crippen MR) is 112 cm³/mol. The van der Waals surface area contributed by atoms with Gasteiger partial charge in [0.2, 0.25) is 5.88 Å². The standard InChI is InChI=1S/C22H14ClF3N4O2/c23-18-11-10-17(13-27-18)31-21-19(14-6-3-1-2-4-7-14)29-30-20(28-21)15-8-5-9-16(12-15)32-22(24,25)26/h1,3-13H,2H2. The van der Waals surface area contributed by atoms with Gasteiger partial charge in [0.05, 0.1) is 6.20 Å². The minimum atomic E-state index is -4.82. The van der Waals surface area contributed by atoms with Gasteiger partial charge in [-0.3, -0.25) is 0 Å². The number of hydrogen-bond donors (Lipinski definition) is 0. The highest BCUT2D eigenvalue weighted by Gasteiger charge is 2.31. The number of nitrogens with zero attached hydrogens (tertiary/aromatic N) is 4. The minimum absolute atomic E-state index is 0.0621. The van der Waals surface area contributed by atoms with Crippen LogP contribution >= 0.6 is 11.6 Å². The van der Waals surface area contributed by atoms with Gasteiger partial charge in [0, 0.05) is 11.1 Å². The third-order valence-corrected chi connectivity index (χ3v) is 4.37. The number of aromatic nitrogens is 4. The monoisotopic (exact) mass is 458 g/mol. The van der Waals surface area contributed by atoms with Crippen LogP contribution in [0.25, 0.3) is 17.0 Å². The molecule has 0 unspecified atom stereocenters. The molecular formula is C22H14ClF3N4O2. The van der Waals surface area contributed by atoms with Gasteiger partial charge in [0.25, 0.3) is 0 Å². The summed E-state index contributed by atoms with van der Waals surface area (Å²) >= 11 is 5.83. The Morgan fingerprint density at radius 1 is 1.00 bits per heavy atom. The molecule has 0 radical (unpaired) electrons. The van der Waals surface area contributed by atoms with E-state index in [4.69, 9.17) is 16.3 Å². The fraction of sp³-hybridized carbons (Fsp3) is 0.0909. The van der Waals surface area contributed by atoms with Gasteiger partial charge in [-0.2, -0.15) is 4.98 Å². The van der Waals surface area contributed by atoms with Crippen molar-refractivity contribution in [3.8, 4) is 28.8 Å². The van der Waals surface area contributed by atoms with Crippen LogP contribution in [-0.4, -0.2) is 26.5 Å². The molecule has 10 heteroatoms. The topological polar surface area (TPSA) is 70.0 Å². The highest BCUT2D eigenvalue weighted by Crippen LogP contribution is 2.31. The van der Waals surface area contributed by atoms with Crippen molar-refractivity contribution in [1.29, 1.82) is 0 Å². The first-order valence-corrected chi connectivity index (χ1v) is 9.69. The van der Waals surface area contributed by atoms with E-state index >= 15 is 0 Å². The molecule has 0 bridgehead atoms. The highest BCUT2D eigenvalue weighted by atomic mass is 35.5. The van der Waals surface area contributed by atoms with Crippen LogP contribution in [0.4, 0.5) is 13.2 Å². The molecule has 6 nitrogen and oxygen atoms in total. The first kappa shape index (κ1) is 21.5. The van der Waals surface area contributed by atoms with E-state index in [0.29, 0.717) is 22.2 Å². The van der Waals surface area contributed by atoms with Crippen LogP contribution in [0.15, 0.2) is 73.0 Å². The summed E-state index contributed by atoms with van der Waals surface area (Å²) in [6.45, 7) is 0. The van der Waals surface area contributed by atoms with E-state index in [2.05, 4.69) is 24.9 Å². The van der Waals surface area contributed by atoms with Crippen LogP contribution < -0.4 is 9.47 Å². The van der Waals surface area contributed by atoms with Crippen LogP contribution in [0.2, 0.25) is 5.15 Å². The van der Waals surface area contributed by atoms with Crippen molar-refractivity contribution in [1.82, 2.24) is 20.2 Å². The number of halogens is 4. The van der Waals surface area contributed by atoms with Crippen molar-refractivity contribution in [2.75, 3.05) is 0 Å². The molecule has 0 spiro atoms. The van der Waals surface area contributed by atoms with Crippen LogP contribution in [0.1, 0.15) is 12.1 Å². The van der Waals surface area contributed by atoms with Crippen LogP contribution in [0, 0.1) is 0 Å². The lowest BCUT2D eigenvalue weighted by atomic mass is 10.1. The Morgan fingerprint density at radius 2 is 1.88 bits per heavy atom. The van der Waals surface area contributed by atoms with Crippen LogP contribution in [-0.2, 0) is 0 Å². The zero-order chi connectivity index (χ0) is 22.6. The SMILES string of the molecule is FC(F)(F)Oc1cccc(-c2nnc(C3=CC=CCC=C3)c(Oc3ccc(Cl)nc3)n2)c1. The highest BCUT2D eigenvalue weighted by molar-refractivity contribution is 6.29. The van der Waals surface area contributed by atoms with Gasteiger partial charge in [0.15, 0.2) is 11.5 Å². The van der Waals surface area contributed by atoms with Crippen molar-refractivity contribution in [2.24, 2.45) is 0 Å². The van der Waals surface area contributed by atoms with E-state index < -0.39 is 12.1 Å². The van der Waals surface area contributed by atoms with E-state index in [-0.39, 0.29) is 17.3 Å². The normalized spacial score (nSPS) is 13.4. The average molecular weight is 459 g/mol. The Hall–Kier alpha value is -3.72. The summed E-state index contributed by atoms with van der Waals surface area (Å²) in [6, 6.07) is 8.46. The lowest BCUT2D eigenvalue weighted by Crippen LogP contribution is -2.17. The van der Waals surface area contributed by atoms with E-state index in [1.54, 1.807) is 18.2 Å². The lowest BCUT2D eigenvalue weighted by Gasteiger charge is -2.12. The fourth-order valence-corrected chi connectivity index (χ4v) is 2.90. The summed E-state index contributed by atoms with van der Waals surface area (Å²) in [5.41, 5.74) is 1.33. The van der Waals surface area contributed by atoms with Crippen molar-refractivity contribution >= 4 is 17.2 Å². The molecule has 162 valence electrons. The molecule has 1 aliphatic carbocycles. The Morgan fingerprint density at radius 3 is 2.66 bits per heavy atom. The Labute approximate surface area is 185 Å². The van der Waals surface area contributed by atoms with Crippen molar-refractivity contribution < 1.29 is 22.6 Å². The largest absolute Gasteiger partial charge is 0.573 e. The number of rotatable bonds is 5. The fourth-order valence-electron chi connectivity index (χ4n) is 2.79. The van der Waals surface area contributed by atoms with Crippen LogP contribution in [0.3, 0.4) is 0 Å². The zero-order valence-electron chi connectivity index (χ0n) is 16.3. The first-order chi connectivity index (χ1) is 15.4. The summed E-state index contributed by atoms with van der Waals surface area (Å²) in [5, 5.41) is 8.62. The Balaban J connectivity index is 1.75. The smallest absolute Gasteiger partial charge is 0.435 e. The number of benzene rings is 1. The molecule has 32 heavy (non-hydrogen) atoms. The maximum absolute atomic E-state index is 12.6. The third kappa shape index (κ3) is 5.50. The zero-order valence-corrected chi connectivity index (χ0v) is 17.0. The molecule has 0 fully saturated rings. The number of pyridine rings is 1. The predicted octanol–water partition coefficient (Wildman–Crippen LogP) is 6.18. The quantitative estimate of drug-likeness (QED) is 0.425. The van der Waals surface area contributed by atoms with Crippen LogP contribution in [0.5, 0.6) is 17.4 Å². The van der Waals surface area contributed by atoms with Gasteiger partial charge in [-0.15, -0.1) is 23.4 Å². The molecule has 0 N–H and O–H groups in total. The molecule has 0 atom stereocenters. The molecule has 2 aromatic heterocycles. The van der Waals surface area contributed by atoms with Crippen molar-refractivity contribution in [2.45, 2.75) is 12.8 Å². The van der Waals surface area contributed by atoms with Crippen molar-refractivity contribution in [3.05, 3.63) is 83.8 Å². The number of hydrogen-bond acceptors (Lipinski definition) is 6. The van der Waals surface area contributed by atoms with Gasteiger partial charge in [-0.25, -0.2) is 4.98 Å².